The van der Waals surface area contributed by atoms with Gasteiger partial charge in [0, 0.05) is 34.8 Å². The highest BCUT2D eigenvalue weighted by molar-refractivity contribution is 6.35. The maximum absolute atomic E-state index is 13.3. The SMILES string of the molecule is C[C@H](Oc1ccc(N2CCC3(CCN(CC(O)c4ccc(Cl)cc4Cl)CC3)C2=O)cn1)C(F)(F)F. The predicted octanol–water partition coefficient (Wildman–Crippen LogP) is 5.27. The number of rotatable bonds is 6. The molecule has 190 valence electrons. The van der Waals surface area contributed by atoms with Gasteiger partial charge in [-0.2, -0.15) is 13.2 Å². The molecule has 0 saturated carbocycles. The van der Waals surface area contributed by atoms with Crippen LogP contribution in [0.15, 0.2) is 36.5 Å². The van der Waals surface area contributed by atoms with Crippen LogP contribution in [0.5, 0.6) is 5.88 Å². The minimum Gasteiger partial charge on any atom is -0.465 e. The van der Waals surface area contributed by atoms with Crippen LogP contribution in [0.4, 0.5) is 18.9 Å². The first-order valence-electron chi connectivity index (χ1n) is 11.4. The molecule has 2 aromatic rings. The molecule has 1 amide bonds. The molecule has 3 heterocycles. The average molecular weight is 532 g/mol. The first kappa shape index (κ1) is 26.0. The summed E-state index contributed by atoms with van der Waals surface area (Å²) in [5.41, 5.74) is 0.664. The molecule has 1 aromatic heterocycles. The topological polar surface area (TPSA) is 65.9 Å². The van der Waals surface area contributed by atoms with Crippen molar-refractivity contribution in [2.45, 2.75) is 44.6 Å². The van der Waals surface area contributed by atoms with Gasteiger partial charge in [0.2, 0.25) is 11.8 Å². The lowest BCUT2D eigenvalue weighted by Gasteiger charge is -2.38. The van der Waals surface area contributed by atoms with Crippen molar-refractivity contribution in [3.8, 4) is 5.88 Å². The van der Waals surface area contributed by atoms with E-state index in [1.807, 2.05) is 0 Å². The molecule has 0 radical (unpaired) electrons. The quantitative estimate of drug-likeness (QED) is 0.549. The summed E-state index contributed by atoms with van der Waals surface area (Å²) >= 11 is 12.1. The van der Waals surface area contributed by atoms with Crippen LogP contribution in [0, 0.1) is 5.41 Å². The number of anilines is 1. The number of halogens is 5. The lowest BCUT2D eigenvalue weighted by atomic mass is 9.77. The maximum Gasteiger partial charge on any atom is 0.425 e. The number of aliphatic hydroxyl groups excluding tert-OH is 1. The van der Waals surface area contributed by atoms with Crippen LogP contribution in [0.25, 0.3) is 0 Å². The molecule has 2 fully saturated rings. The highest BCUT2D eigenvalue weighted by Gasteiger charge is 2.48. The van der Waals surface area contributed by atoms with Crippen molar-refractivity contribution < 1.29 is 27.8 Å². The highest BCUT2D eigenvalue weighted by atomic mass is 35.5. The fraction of sp³-hybridized carbons (Fsp3) is 0.500. The van der Waals surface area contributed by atoms with E-state index in [4.69, 9.17) is 27.9 Å². The molecule has 2 atom stereocenters. The molecule has 35 heavy (non-hydrogen) atoms. The van der Waals surface area contributed by atoms with E-state index in [1.165, 1.54) is 12.3 Å². The first-order valence-corrected chi connectivity index (χ1v) is 12.1. The van der Waals surface area contributed by atoms with Gasteiger partial charge in [-0.05, 0) is 57.5 Å². The lowest BCUT2D eigenvalue weighted by molar-refractivity contribution is -0.189. The van der Waals surface area contributed by atoms with E-state index in [2.05, 4.69) is 9.88 Å². The fourth-order valence-electron chi connectivity index (χ4n) is 4.66. The van der Waals surface area contributed by atoms with Crippen LogP contribution < -0.4 is 9.64 Å². The number of β-amino-alcohol motifs (C(OH)–C–C–N with tert-alkyl or cyclic N) is 1. The summed E-state index contributed by atoms with van der Waals surface area (Å²) in [6, 6.07) is 7.91. The normalized spacial score (nSPS) is 20.3. The zero-order valence-corrected chi connectivity index (χ0v) is 20.6. The van der Waals surface area contributed by atoms with Crippen molar-refractivity contribution in [3.63, 3.8) is 0 Å². The highest BCUT2D eigenvalue weighted by Crippen LogP contribution is 2.43. The third-order valence-electron chi connectivity index (χ3n) is 6.87. The largest absolute Gasteiger partial charge is 0.465 e. The molecule has 2 aliphatic rings. The number of hydrogen-bond acceptors (Lipinski definition) is 5. The van der Waals surface area contributed by atoms with Crippen LogP contribution in [0.2, 0.25) is 10.0 Å². The second-order valence-corrected chi connectivity index (χ2v) is 9.97. The van der Waals surface area contributed by atoms with E-state index in [0.29, 0.717) is 66.7 Å². The average Bonchev–Trinajstić information content (AvgIpc) is 3.11. The van der Waals surface area contributed by atoms with E-state index >= 15 is 0 Å². The summed E-state index contributed by atoms with van der Waals surface area (Å²) < 4.78 is 42.9. The molecule has 1 unspecified atom stereocenters. The third-order valence-corrected chi connectivity index (χ3v) is 7.43. The number of nitrogens with zero attached hydrogens (tertiary/aromatic N) is 3. The number of carbonyl (C=O) groups is 1. The zero-order chi connectivity index (χ0) is 25.4. The van der Waals surface area contributed by atoms with Crippen molar-refractivity contribution in [3.05, 3.63) is 52.1 Å². The molecule has 2 aliphatic heterocycles. The van der Waals surface area contributed by atoms with Crippen molar-refractivity contribution in [2.24, 2.45) is 5.41 Å². The lowest BCUT2D eigenvalue weighted by Crippen LogP contribution is -2.45. The van der Waals surface area contributed by atoms with Gasteiger partial charge in [-0.25, -0.2) is 4.98 Å². The number of piperidine rings is 1. The Morgan fingerprint density at radius 1 is 1.14 bits per heavy atom. The number of alkyl halides is 3. The van der Waals surface area contributed by atoms with Gasteiger partial charge in [0.05, 0.1) is 23.4 Å². The van der Waals surface area contributed by atoms with Gasteiger partial charge in [-0.3, -0.25) is 4.79 Å². The van der Waals surface area contributed by atoms with Gasteiger partial charge in [-0.15, -0.1) is 0 Å². The van der Waals surface area contributed by atoms with Crippen molar-refractivity contribution in [2.75, 3.05) is 31.1 Å². The van der Waals surface area contributed by atoms with E-state index < -0.39 is 23.8 Å². The van der Waals surface area contributed by atoms with Crippen LogP contribution in [0.3, 0.4) is 0 Å². The van der Waals surface area contributed by atoms with Gasteiger partial charge in [-0.1, -0.05) is 29.3 Å². The van der Waals surface area contributed by atoms with Crippen LogP contribution >= 0.6 is 23.2 Å². The standard InChI is InChI=1S/C24H26Cl2F3N3O3/c1-15(24(27,28)29)35-21-5-3-17(13-30-21)32-11-8-23(22(32)34)6-9-31(10-7-23)14-20(33)18-4-2-16(25)12-19(18)26/h2-5,12-13,15,20,33H,6-11,14H2,1H3/t15-,20?/m0/s1. The van der Waals surface area contributed by atoms with Crippen molar-refractivity contribution in [1.82, 2.24) is 9.88 Å². The van der Waals surface area contributed by atoms with Crippen LogP contribution in [0.1, 0.15) is 37.9 Å². The van der Waals surface area contributed by atoms with Gasteiger partial charge in [0.15, 0.2) is 6.10 Å². The molecule has 2 saturated heterocycles. The minimum atomic E-state index is -4.48. The predicted molar refractivity (Wildman–Crippen MR) is 127 cm³/mol. The second-order valence-electron chi connectivity index (χ2n) is 9.13. The van der Waals surface area contributed by atoms with Gasteiger partial charge in [0.1, 0.15) is 0 Å². The summed E-state index contributed by atoms with van der Waals surface area (Å²) in [7, 11) is 0. The summed E-state index contributed by atoms with van der Waals surface area (Å²) in [5.74, 6) is -0.148. The number of ether oxygens (including phenoxy) is 1. The molecule has 1 aromatic carbocycles. The number of benzene rings is 1. The summed E-state index contributed by atoms with van der Waals surface area (Å²) in [6.45, 7) is 3.14. The number of aromatic nitrogens is 1. The van der Waals surface area contributed by atoms with Crippen molar-refractivity contribution >= 4 is 34.8 Å². The Bertz CT molecular complexity index is 1060. The summed E-state index contributed by atoms with van der Waals surface area (Å²) in [5, 5.41) is 11.6. The number of aliphatic hydroxyl groups is 1. The molecule has 6 nitrogen and oxygen atoms in total. The Morgan fingerprint density at radius 2 is 1.83 bits per heavy atom. The van der Waals surface area contributed by atoms with Gasteiger partial charge >= 0.3 is 6.18 Å². The third kappa shape index (κ3) is 5.69. The van der Waals surface area contributed by atoms with E-state index in [0.717, 1.165) is 6.92 Å². The van der Waals surface area contributed by atoms with Gasteiger partial charge < -0.3 is 19.6 Å². The van der Waals surface area contributed by atoms with Crippen molar-refractivity contribution in [1.29, 1.82) is 0 Å². The van der Waals surface area contributed by atoms with E-state index in [1.54, 1.807) is 29.2 Å². The summed E-state index contributed by atoms with van der Waals surface area (Å²) in [4.78, 5) is 21.0. The molecular weight excluding hydrogens is 506 g/mol. The molecule has 0 bridgehead atoms. The minimum absolute atomic E-state index is 0.00225. The molecule has 4 rings (SSSR count). The molecule has 11 heteroatoms. The van der Waals surface area contributed by atoms with E-state index in [9.17, 15) is 23.1 Å². The number of amides is 1. The molecule has 1 spiro atoms. The number of pyridine rings is 1. The number of hydrogen-bond donors (Lipinski definition) is 1. The monoisotopic (exact) mass is 531 g/mol. The molecule has 1 N–H and O–H groups in total. The Kier molecular flexibility index (Phi) is 7.52. The Labute approximate surface area is 211 Å². The Morgan fingerprint density at radius 3 is 2.43 bits per heavy atom. The Balaban J connectivity index is 1.34. The fourth-order valence-corrected chi connectivity index (χ4v) is 5.19. The zero-order valence-electron chi connectivity index (χ0n) is 19.1. The number of carbonyl (C=O) groups excluding carboxylic acids is 1. The van der Waals surface area contributed by atoms with Crippen LogP contribution in [-0.4, -0.2) is 59.4 Å². The van der Waals surface area contributed by atoms with Gasteiger partial charge in [0.25, 0.3) is 0 Å². The first-order chi connectivity index (χ1) is 16.5. The second kappa shape index (κ2) is 10.1. The van der Waals surface area contributed by atoms with E-state index in [-0.39, 0.29) is 11.8 Å². The van der Waals surface area contributed by atoms with Crippen LogP contribution in [-0.2, 0) is 4.79 Å². The summed E-state index contributed by atoms with van der Waals surface area (Å²) in [6.07, 6.45) is -3.86. The molecular formula is C24H26Cl2F3N3O3. The molecule has 0 aliphatic carbocycles. The number of likely N-dealkylation sites (tertiary alicyclic amines) is 1. The smallest absolute Gasteiger partial charge is 0.425 e. The Hall–Kier alpha value is -2.07. The maximum atomic E-state index is 13.3.